The molecule has 3 aliphatic rings. The second-order valence-corrected chi connectivity index (χ2v) is 6.34. The number of piperidine rings is 1. The molecule has 6 nitrogen and oxygen atoms in total. The highest BCUT2D eigenvalue weighted by Gasteiger charge is 2.32. The smallest absolute Gasteiger partial charge is 0.242 e. The first kappa shape index (κ1) is 14.8. The second kappa shape index (κ2) is 6.75. The number of amides is 2. The molecule has 0 aromatic heterocycles. The van der Waals surface area contributed by atoms with Crippen LogP contribution in [-0.4, -0.2) is 84.9 Å². The fraction of sp³-hybridized carbons (Fsp3) is 0.867. The number of hydrogen-bond donors (Lipinski definition) is 1. The Morgan fingerprint density at radius 2 is 1.95 bits per heavy atom. The highest BCUT2D eigenvalue weighted by Crippen LogP contribution is 2.17. The minimum atomic E-state index is 0.128. The zero-order chi connectivity index (χ0) is 14.7. The number of carbonyl (C=O) groups excluding carboxylic acids is 2. The summed E-state index contributed by atoms with van der Waals surface area (Å²) in [6.45, 7) is 6.97. The Balaban J connectivity index is 1.48. The van der Waals surface area contributed by atoms with Crippen molar-refractivity contribution in [2.24, 2.45) is 0 Å². The van der Waals surface area contributed by atoms with Crippen molar-refractivity contribution in [2.45, 2.75) is 31.7 Å². The number of nitrogens with zero attached hydrogens (tertiary/aromatic N) is 3. The maximum absolute atomic E-state index is 12.4. The first-order valence-electron chi connectivity index (χ1n) is 8.24. The molecule has 0 saturated carbocycles. The van der Waals surface area contributed by atoms with Crippen LogP contribution in [0.3, 0.4) is 0 Å². The lowest BCUT2D eigenvalue weighted by Crippen LogP contribution is -2.50. The van der Waals surface area contributed by atoms with E-state index in [4.69, 9.17) is 0 Å². The van der Waals surface area contributed by atoms with E-state index in [2.05, 4.69) is 10.2 Å². The van der Waals surface area contributed by atoms with Crippen LogP contribution < -0.4 is 5.32 Å². The topological polar surface area (TPSA) is 55.9 Å². The Morgan fingerprint density at radius 3 is 2.71 bits per heavy atom. The summed E-state index contributed by atoms with van der Waals surface area (Å²) in [6.07, 6.45) is 3.68. The SMILES string of the molecule is O=C1CCCCN1CC(=O)N1CCC(N2CCNCC2)C1. The second-order valence-electron chi connectivity index (χ2n) is 6.34. The van der Waals surface area contributed by atoms with Gasteiger partial charge >= 0.3 is 0 Å². The van der Waals surface area contributed by atoms with Crippen molar-refractivity contribution < 1.29 is 9.59 Å². The average Bonchev–Trinajstić information content (AvgIpc) is 3.00. The number of hydrogen-bond acceptors (Lipinski definition) is 4. The first-order chi connectivity index (χ1) is 10.2. The van der Waals surface area contributed by atoms with Gasteiger partial charge in [0.25, 0.3) is 0 Å². The number of carbonyl (C=O) groups is 2. The fourth-order valence-corrected chi connectivity index (χ4v) is 3.61. The molecular formula is C15H26N4O2. The van der Waals surface area contributed by atoms with Gasteiger partial charge in [-0.25, -0.2) is 0 Å². The summed E-state index contributed by atoms with van der Waals surface area (Å²) < 4.78 is 0. The van der Waals surface area contributed by atoms with E-state index in [1.165, 1.54) is 0 Å². The molecule has 1 N–H and O–H groups in total. The van der Waals surface area contributed by atoms with Gasteiger partial charge in [0, 0.05) is 58.3 Å². The molecule has 3 saturated heterocycles. The van der Waals surface area contributed by atoms with Crippen molar-refractivity contribution in [3.05, 3.63) is 0 Å². The van der Waals surface area contributed by atoms with Gasteiger partial charge in [-0.3, -0.25) is 14.5 Å². The highest BCUT2D eigenvalue weighted by molar-refractivity contribution is 5.85. The van der Waals surface area contributed by atoms with Gasteiger partial charge < -0.3 is 15.1 Å². The minimum absolute atomic E-state index is 0.128. The maximum atomic E-state index is 12.4. The van der Waals surface area contributed by atoms with E-state index in [1.807, 2.05) is 4.90 Å². The predicted molar refractivity (Wildman–Crippen MR) is 79.9 cm³/mol. The molecule has 1 unspecified atom stereocenters. The Labute approximate surface area is 126 Å². The van der Waals surface area contributed by atoms with Crippen molar-refractivity contribution in [3.63, 3.8) is 0 Å². The molecule has 0 aliphatic carbocycles. The van der Waals surface area contributed by atoms with Crippen molar-refractivity contribution in [2.75, 3.05) is 52.4 Å². The molecule has 3 heterocycles. The highest BCUT2D eigenvalue weighted by atomic mass is 16.2. The summed E-state index contributed by atoms with van der Waals surface area (Å²) in [4.78, 5) is 30.4. The molecule has 118 valence electrons. The molecule has 3 fully saturated rings. The molecule has 0 aromatic rings. The Kier molecular flexibility index (Phi) is 4.75. The van der Waals surface area contributed by atoms with Gasteiger partial charge in [-0.05, 0) is 19.3 Å². The lowest BCUT2D eigenvalue weighted by molar-refractivity contribution is -0.141. The maximum Gasteiger partial charge on any atom is 0.242 e. The van der Waals surface area contributed by atoms with Crippen molar-refractivity contribution in [1.82, 2.24) is 20.0 Å². The van der Waals surface area contributed by atoms with Crippen LogP contribution in [0.2, 0.25) is 0 Å². The van der Waals surface area contributed by atoms with E-state index in [1.54, 1.807) is 4.90 Å². The Morgan fingerprint density at radius 1 is 1.14 bits per heavy atom. The summed E-state index contributed by atoms with van der Waals surface area (Å²) in [5.41, 5.74) is 0. The summed E-state index contributed by atoms with van der Waals surface area (Å²) in [6, 6.07) is 0.508. The molecule has 3 aliphatic heterocycles. The number of likely N-dealkylation sites (tertiary alicyclic amines) is 2. The van der Waals surface area contributed by atoms with Gasteiger partial charge in [0.1, 0.15) is 0 Å². The van der Waals surface area contributed by atoms with Crippen LogP contribution in [0.4, 0.5) is 0 Å². The zero-order valence-electron chi connectivity index (χ0n) is 12.7. The van der Waals surface area contributed by atoms with E-state index in [0.29, 0.717) is 12.5 Å². The van der Waals surface area contributed by atoms with Gasteiger partial charge in [-0.1, -0.05) is 0 Å². The van der Waals surface area contributed by atoms with Crippen LogP contribution in [-0.2, 0) is 9.59 Å². The third-order valence-corrected chi connectivity index (χ3v) is 4.93. The summed E-state index contributed by atoms with van der Waals surface area (Å²) in [5.74, 6) is 0.273. The monoisotopic (exact) mass is 294 g/mol. The first-order valence-corrected chi connectivity index (χ1v) is 8.24. The molecule has 2 amide bonds. The van der Waals surface area contributed by atoms with E-state index < -0.39 is 0 Å². The molecule has 21 heavy (non-hydrogen) atoms. The normalized spacial score (nSPS) is 28.2. The van der Waals surface area contributed by atoms with Gasteiger partial charge in [0.15, 0.2) is 0 Å². The van der Waals surface area contributed by atoms with Crippen LogP contribution in [0.15, 0.2) is 0 Å². The number of nitrogens with one attached hydrogen (secondary N) is 1. The summed E-state index contributed by atoms with van der Waals surface area (Å²) in [7, 11) is 0. The van der Waals surface area contributed by atoms with Gasteiger partial charge in [0.05, 0.1) is 6.54 Å². The van der Waals surface area contributed by atoms with E-state index in [0.717, 1.165) is 65.1 Å². The predicted octanol–water partition coefficient (Wildman–Crippen LogP) is -0.495. The van der Waals surface area contributed by atoms with Crippen molar-refractivity contribution in [3.8, 4) is 0 Å². The van der Waals surface area contributed by atoms with Crippen molar-refractivity contribution in [1.29, 1.82) is 0 Å². The van der Waals surface area contributed by atoms with Crippen LogP contribution in [0.1, 0.15) is 25.7 Å². The Bertz CT molecular complexity index is 395. The lowest BCUT2D eigenvalue weighted by atomic mass is 10.1. The van der Waals surface area contributed by atoms with Crippen LogP contribution in [0, 0.1) is 0 Å². The number of rotatable bonds is 3. The van der Waals surface area contributed by atoms with Gasteiger partial charge in [0.2, 0.25) is 11.8 Å². The fourth-order valence-electron chi connectivity index (χ4n) is 3.61. The largest absolute Gasteiger partial charge is 0.340 e. The zero-order valence-corrected chi connectivity index (χ0v) is 12.7. The average molecular weight is 294 g/mol. The van der Waals surface area contributed by atoms with E-state index in [9.17, 15) is 9.59 Å². The molecule has 0 radical (unpaired) electrons. The lowest BCUT2D eigenvalue weighted by Gasteiger charge is -2.33. The van der Waals surface area contributed by atoms with Crippen LogP contribution >= 0.6 is 0 Å². The molecule has 0 aromatic carbocycles. The summed E-state index contributed by atoms with van der Waals surface area (Å²) >= 11 is 0. The summed E-state index contributed by atoms with van der Waals surface area (Å²) in [5, 5.41) is 3.36. The molecular weight excluding hydrogens is 268 g/mol. The molecule has 3 rings (SSSR count). The standard InChI is InChI=1S/C15H26N4O2/c20-14-3-1-2-7-18(14)12-15(21)19-8-4-13(11-19)17-9-5-16-6-10-17/h13,16H,1-12H2. The molecule has 1 atom stereocenters. The minimum Gasteiger partial charge on any atom is -0.340 e. The van der Waals surface area contributed by atoms with E-state index in [-0.39, 0.29) is 18.4 Å². The molecule has 0 bridgehead atoms. The molecule has 0 spiro atoms. The van der Waals surface area contributed by atoms with Gasteiger partial charge in [-0.15, -0.1) is 0 Å². The van der Waals surface area contributed by atoms with Crippen LogP contribution in [0.5, 0.6) is 0 Å². The third kappa shape index (κ3) is 3.55. The van der Waals surface area contributed by atoms with Crippen LogP contribution in [0.25, 0.3) is 0 Å². The molecule has 6 heteroatoms. The number of piperazine rings is 1. The third-order valence-electron chi connectivity index (χ3n) is 4.93. The van der Waals surface area contributed by atoms with Crippen molar-refractivity contribution >= 4 is 11.8 Å². The van der Waals surface area contributed by atoms with Gasteiger partial charge in [-0.2, -0.15) is 0 Å². The van der Waals surface area contributed by atoms with E-state index >= 15 is 0 Å². The quantitative estimate of drug-likeness (QED) is 0.763. The Hall–Kier alpha value is -1.14.